The van der Waals surface area contributed by atoms with Gasteiger partial charge in [-0.2, -0.15) is 0 Å². The highest BCUT2D eigenvalue weighted by atomic mass is 32.2. The zero-order valence-electron chi connectivity index (χ0n) is 13.2. The van der Waals surface area contributed by atoms with Crippen molar-refractivity contribution in [3.63, 3.8) is 0 Å². The summed E-state index contributed by atoms with van der Waals surface area (Å²) in [5.74, 6) is 3.88. The van der Waals surface area contributed by atoms with Gasteiger partial charge in [-0.05, 0) is 29.9 Å². The summed E-state index contributed by atoms with van der Waals surface area (Å²) in [7, 11) is -0.0999. The zero-order valence-corrected chi connectivity index (χ0v) is 14.1. The van der Waals surface area contributed by atoms with Crippen molar-refractivity contribution in [2.45, 2.75) is 69.8 Å². The molecule has 116 valence electrons. The first kappa shape index (κ1) is 14.8. The maximum absolute atomic E-state index is 10.9. The molecule has 0 aromatic heterocycles. The number of aliphatic hydroxyl groups excluding tert-OH is 1. The standard InChI is InChI=1S/C17H30O2S/c1-12(20-10-9-17(11-20)13(2)19-17)15(18)14-7-5-6-8-16(14,3)4/h12,14-15,18,20H,2,5-11H2,1,3-4H3. The van der Waals surface area contributed by atoms with Crippen LogP contribution in [0.5, 0.6) is 0 Å². The number of epoxide rings is 1. The van der Waals surface area contributed by atoms with E-state index in [1.165, 1.54) is 31.4 Å². The highest BCUT2D eigenvalue weighted by Gasteiger charge is 2.56. The van der Waals surface area contributed by atoms with Crippen molar-refractivity contribution < 1.29 is 9.84 Å². The van der Waals surface area contributed by atoms with Crippen LogP contribution in [0.3, 0.4) is 0 Å². The van der Waals surface area contributed by atoms with Crippen LogP contribution < -0.4 is 0 Å². The smallest absolute Gasteiger partial charge is 0.173 e. The Morgan fingerprint density at radius 2 is 2.05 bits per heavy atom. The summed E-state index contributed by atoms with van der Waals surface area (Å²) in [6.45, 7) is 11.0. The number of thiol groups is 1. The number of hydrogen-bond acceptors (Lipinski definition) is 2. The van der Waals surface area contributed by atoms with Crippen LogP contribution in [0.2, 0.25) is 0 Å². The Balaban J connectivity index is 1.64. The average Bonchev–Trinajstić information content (AvgIpc) is 2.83. The van der Waals surface area contributed by atoms with Crippen molar-refractivity contribution >= 4 is 10.9 Å². The third-order valence-corrected chi connectivity index (χ3v) is 9.29. The van der Waals surface area contributed by atoms with Gasteiger partial charge in [-0.25, -0.2) is 10.9 Å². The molecule has 0 bridgehead atoms. The predicted molar refractivity (Wildman–Crippen MR) is 87.5 cm³/mol. The minimum Gasteiger partial charge on any atom is -0.479 e. The zero-order chi connectivity index (χ0) is 14.5. The van der Waals surface area contributed by atoms with Gasteiger partial charge in [0.25, 0.3) is 0 Å². The Bertz CT molecular complexity index is 406. The molecule has 20 heavy (non-hydrogen) atoms. The molecule has 1 aliphatic carbocycles. The lowest BCUT2D eigenvalue weighted by Crippen LogP contribution is -2.42. The van der Waals surface area contributed by atoms with Crippen molar-refractivity contribution in [2.75, 3.05) is 11.5 Å². The molecule has 1 saturated carbocycles. The molecule has 3 rings (SSSR count). The van der Waals surface area contributed by atoms with Gasteiger partial charge in [-0.3, -0.25) is 0 Å². The van der Waals surface area contributed by atoms with Crippen LogP contribution in [0.4, 0.5) is 0 Å². The minimum atomic E-state index is -0.126. The molecular weight excluding hydrogens is 268 g/mol. The van der Waals surface area contributed by atoms with E-state index in [0.717, 1.165) is 17.9 Å². The molecule has 3 aliphatic rings. The van der Waals surface area contributed by atoms with Gasteiger partial charge >= 0.3 is 0 Å². The predicted octanol–water partition coefficient (Wildman–Crippen LogP) is 3.64. The normalized spacial score (nSPS) is 44.1. The van der Waals surface area contributed by atoms with Crippen LogP contribution in [0, 0.1) is 11.3 Å². The summed E-state index contributed by atoms with van der Waals surface area (Å²) < 4.78 is 5.65. The second-order valence-corrected chi connectivity index (χ2v) is 10.6. The van der Waals surface area contributed by atoms with Crippen molar-refractivity contribution in [1.29, 1.82) is 0 Å². The van der Waals surface area contributed by atoms with Gasteiger partial charge in [0.15, 0.2) is 5.60 Å². The van der Waals surface area contributed by atoms with Crippen molar-refractivity contribution in [2.24, 2.45) is 11.3 Å². The quantitative estimate of drug-likeness (QED) is 0.616. The maximum Gasteiger partial charge on any atom is 0.173 e. The first-order chi connectivity index (χ1) is 9.36. The number of ether oxygens (including phenoxy) is 1. The van der Waals surface area contributed by atoms with E-state index < -0.39 is 0 Å². The fourth-order valence-corrected chi connectivity index (χ4v) is 7.58. The van der Waals surface area contributed by atoms with Gasteiger partial charge < -0.3 is 9.84 Å². The van der Waals surface area contributed by atoms with E-state index in [9.17, 15) is 5.11 Å². The third-order valence-electron chi connectivity index (χ3n) is 6.12. The molecule has 3 fully saturated rings. The van der Waals surface area contributed by atoms with Gasteiger partial charge in [0.2, 0.25) is 0 Å². The molecule has 2 aliphatic heterocycles. The molecule has 0 aromatic carbocycles. The highest BCUT2D eigenvalue weighted by molar-refractivity contribution is 8.17. The number of aliphatic hydroxyl groups is 1. The molecule has 2 heterocycles. The van der Waals surface area contributed by atoms with Gasteiger partial charge in [0.1, 0.15) is 5.76 Å². The van der Waals surface area contributed by atoms with Gasteiger partial charge in [-0.15, -0.1) is 0 Å². The summed E-state index contributed by atoms with van der Waals surface area (Å²) in [6, 6.07) is 0. The lowest BCUT2D eigenvalue weighted by atomic mass is 9.66. The molecular formula is C17H30O2S. The first-order valence-corrected chi connectivity index (χ1v) is 9.94. The van der Waals surface area contributed by atoms with E-state index >= 15 is 0 Å². The van der Waals surface area contributed by atoms with Crippen LogP contribution in [-0.2, 0) is 4.74 Å². The molecule has 1 spiro atoms. The average molecular weight is 298 g/mol. The Morgan fingerprint density at radius 3 is 2.60 bits per heavy atom. The fraction of sp³-hybridized carbons (Fsp3) is 0.882. The Hall–Kier alpha value is -0.150. The SMILES string of the molecule is C=C1OC12CC[SH](C(C)C(O)C1CCCCC1(C)C)C2. The highest BCUT2D eigenvalue weighted by Crippen LogP contribution is 2.58. The van der Waals surface area contributed by atoms with Gasteiger partial charge in [0, 0.05) is 17.4 Å². The first-order valence-electron chi connectivity index (χ1n) is 8.16. The van der Waals surface area contributed by atoms with E-state index in [1.807, 2.05) is 0 Å². The molecule has 2 nitrogen and oxygen atoms in total. The summed E-state index contributed by atoms with van der Waals surface area (Å²) in [6.07, 6.45) is 6.11. The molecule has 5 unspecified atom stereocenters. The monoisotopic (exact) mass is 298 g/mol. The summed E-state index contributed by atoms with van der Waals surface area (Å²) in [5.41, 5.74) is 0.347. The second-order valence-electron chi connectivity index (χ2n) is 7.81. The molecule has 2 saturated heterocycles. The Morgan fingerprint density at radius 1 is 1.35 bits per heavy atom. The number of rotatable bonds is 3. The van der Waals surface area contributed by atoms with Gasteiger partial charge in [0.05, 0.1) is 6.10 Å². The summed E-state index contributed by atoms with van der Waals surface area (Å²) in [5, 5.41) is 11.4. The summed E-state index contributed by atoms with van der Waals surface area (Å²) in [4.78, 5) is 0. The van der Waals surface area contributed by atoms with E-state index in [2.05, 4.69) is 27.4 Å². The molecule has 1 N–H and O–H groups in total. The van der Waals surface area contributed by atoms with Crippen LogP contribution in [0.25, 0.3) is 0 Å². The van der Waals surface area contributed by atoms with E-state index in [-0.39, 0.29) is 22.6 Å². The fourth-order valence-electron chi connectivity index (χ4n) is 4.39. The molecule has 5 atom stereocenters. The molecule has 0 radical (unpaired) electrons. The number of hydrogen-bond donors (Lipinski definition) is 2. The van der Waals surface area contributed by atoms with Gasteiger partial charge in [-0.1, -0.05) is 40.2 Å². The third kappa shape index (κ3) is 2.41. The second kappa shape index (κ2) is 4.95. The topological polar surface area (TPSA) is 32.8 Å². The molecule has 0 amide bonds. The van der Waals surface area contributed by atoms with E-state index in [1.54, 1.807) is 0 Å². The van der Waals surface area contributed by atoms with Crippen LogP contribution in [-0.4, -0.2) is 33.6 Å². The Kier molecular flexibility index (Phi) is 3.65. The van der Waals surface area contributed by atoms with Crippen LogP contribution >= 0.6 is 10.9 Å². The molecule has 0 aromatic rings. The Labute approximate surface area is 126 Å². The van der Waals surface area contributed by atoms with Crippen molar-refractivity contribution in [3.8, 4) is 0 Å². The van der Waals surface area contributed by atoms with Crippen molar-refractivity contribution in [3.05, 3.63) is 12.3 Å². The molecule has 3 heteroatoms. The van der Waals surface area contributed by atoms with Crippen LogP contribution in [0.1, 0.15) is 52.9 Å². The van der Waals surface area contributed by atoms with E-state index in [0.29, 0.717) is 16.6 Å². The largest absolute Gasteiger partial charge is 0.479 e. The lowest BCUT2D eigenvalue weighted by Gasteiger charge is -2.44. The lowest BCUT2D eigenvalue weighted by molar-refractivity contribution is 0.00647. The maximum atomic E-state index is 10.9. The van der Waals surface area contributed by atoms with Crippen LogP contribution in [0.15, 0.2) is 12.3 Å². The minimum absolute atomic E-state index is 0.0434. The summed E-state index contributed by atoms with van der Waals surface area (Å²) >= 11 is 0. The van der Waals surface area contributed by atoms with E-state index in [4.69, 9.17) is 4.74 Å². The van der Waals surface area contributed by atoms with Crippen molar-refractivity contribution in [1.82, 2.24) is 0 Å².